The summed E-state index contributed by atoms with van der Waals surface area (Å²) in [4.78, 5) is 2.51. The highest BCUT2D eigenvalue weighted by Gasteiger charge is 2.22. The molecule has 0 radical (unpaired) electrons. The zero-order valence-corrected chi connectivity index (χ0v) is 11.6. The minimum Gasteiger partial charge on any atom is -0.293 e. The summed E-state index contributed by atoms with van der Waals surface area (Å²) in [5, 5.41) is 4.50. The lowest BCUT2D eigenvalue weighted by atomic mass is 10.0. The molecule has 1 unspecified atom stereocenters. The molecule has 1 aromatic rings. The number of rotatable bonds is 4. The molecule has 0 saturated carbocycles. The van der Waals surface area contributed by atoms with E-state index in [1.807, 2.05) is 0 Å². The Morgan fingerprint density at radius 2 is 2.29 bits per heavy atom. The molecule has 0 aromatic carbocycles. The molecule has 1 aliphatic rings. The summed E-state index contributed by atoms with van der Waals surface area (Å²) in [6, 6.07) is 2.74. The third-order valence-electron chi connectivity index (χ3n) is 3.58. The molecule has 1 fully saturated rings. The summed E-state index contributed by atoms with van der Waals surface area (Å²) in [5.41, 5.74) is 2.43. The van der Waals surface area contributed by atoms with Gasteiger partial charge in [-0.1, -0.05) is 6.42 Å². The highest BCUT2D eigenvalue weighted by Crippen LogP contribution is 2.20. The molecule has 0 spiro atoms. The molecule has 1 aromatic heterocycles. The van der Waals surface area contributed by atoms with Crippen LogP contribution in [0.1, 0.15) is 37.6 Å². The highest BCUT2D eigenvalue weighted by atomic mass is 35.5. The maximum absolute atomic E-state index is 6.06. The Hall–Kier alpha value is -0.540. The Kier molecular flexibility index (Phi) is 4.46. The molecule has 0 amide bonds. The van der Waals surface area contributed by atoms with Gasteiger partial charge in [-0.3, -0.25) is 9.58 Å². The first-order chi connectivity index (χ1) is 8.24. The van der Waals surface area contributed by atoms with Crippen LogP contribution in [0.5, 0.6) is 0 Å². The molecule has 2 heterocycles. The van der Waals surface area contributed by atoms with E-state index in [0.717, 1.165) is 24.7 Å². The van der Waals surface area contributed by atoms with E-state index in [1.165, 1.54) is 31.5 Å². The lowest BCUT2D eigenvalue weighted by molar-refractivity contribution is 0.150. The van der Waals surface area contributed by atoms with E-state index in [4.69, 9.17) is 11.6 Å². The smallest absolute Gasteiger partial charge is 0.0597 e. The van der Waals surface area contributed by atoms with Gasteiger partial charge in [-0.2, -0.15) is 5.10 Å². The molecule has 0 N–H and O–H groups in total. The fourth-order valence-electron chi connectivity index (χ4n) is 2.65. The van der Waals surface area contributed by atoms with Crippen molar-refractivity contribution < 1.29 is 0 Å². The Balaban J connectivity index is 2.07. The average molecular weight is 256 g/mol. The quantitative estimate of drug-likeness (QED) is 0.772. The van der Waals surface area contributed by atoms with E-state index in [1.54, 1.807) is 0 Å². The van der Waals surface area contributed by atoms with Crippen LogP contribution in [0.4, 0.5) is 0 Å². The molecular weight excluding hydrogens is 234 g/mol. The van der Waals surface area contributed by atoms with E-state index in [2.05, 4.69) is 34.6 Å². The van der Waals surface area contributed by atoms with Crippen molar-refractivity contribution >= 4 is 11.6 Å². The first kappa shape index (κ1) is 12.9. The number of hydrogen-bond acceptors (Lipinski definition) is 2. The maximum Gasteiger partial charge on any atom is 0.0597 e. The summed E-state index contributed by atoms with van der Waals surface area (Å²) < 4.78 is 2.11. The van der Waals surface area contributed by atoms with Crippen molar-refractivity contribution in [1.29, 1.82) is 0 Å². The van der Waals surface area contributed by atoms with Gasteiger partial charge in [0.1, 0.15) is 0 Å². The van der Waals surface area contributed by atoms with Gasteiger partial charge in [0.05, 0.1) is 11.4 Å². The van der Waals surface area contributed by atoms with Crippen LogP contribution < -0.4 is 0 Å². The zero-order valence-electron chi connectivity index (χ0n) is 10.8. The molecule has 1 aliphatic heterocycles. The van der Waals surface area contributed by atoms with Crippen molar-refractivity contribution in [3.8, 4) is 0 Å². The number of aryl methyl sites for hydroxylation is 2. The Labute approximate surface area is 109 Å². The number of nitrogens with zero attached hydrogens (tertiary/aromatic N) is 3. The number of alkyl halides is 1. The standard InChI is InChI=1S/C13H22ClN3/c1-3-17-13(8-11(2)15-17)10-16-7-5-4-6-12(16)9-14/h8,12H,3-7,9-10H2,1-2H3. The summed E-state index contributed by atoms with van der Waals surface area (Å²) in [7, 11) is 0. The summed E-state index contributed by atoms with van der Waals surface area (Å²) in [5.74, 6) is 0.749. The van der Waals surface area contributed by atoms with Crippen molar-refractivity contribution in [2.24, 2.45) is 0 Å². The largest absolute Gasteiger partial charge is 0.293 e. The fraction of sp³-hybridized carbons (Fsp3) is 0.769. The average Bonchev–Trinajstić information content (AvgIpc) is 2.70. The van der Waals surface area contributed by atoms with Crippen LogP contribution in [0.15, 0.2) is 6.07 Å². The van der Waals surface area contributed by atoms with Crippen molar-refractivity contribution in [2.75, 3.05) is 12.4 Å². The summed E-state index contributed by atoms with van der Waals surface area (Å²) in [6.07, 6.45) is 3.86. The van der Waals surface area contributed by atoms with E-state index in [0.29, 0.717) is 6.04 Å². The number of likely N-dealkylation sites (tertiary alicyclic amines) is 1. The zero-order chi connectivity index (χ0) is 12.3. The molecule has 1 saturated heterocycles. The highest BCUT2D eigenvalue weighted by molar-refractivity contribution is 6.18. The van der Waals surface area contributed by atoms with Crippen LogP contribution in [0, 0.1) is 6.92 Å². The normalized spacial score (nSPS) is 21.9. The van der Waals surface area contributed by atoms with Crippen LogP contribution in [-0.4, -0.2) is 33.1 Å². The minimum atomic E-state index is 0.547. The lowest BCUT2D eigenvalue weighted by Gasteiger charge is -2.34. The molecular formula is C13H22ClN3. The molecule has 3 nitrogen and oxygen atoms in total. The number of hydrogen-bond donors (Lipinski definition) is 0. The number of piperidine rings is 1. The molecule has 1 atom stereocenters. The van der Waals surface area contributed by atoms with Gasteiger partial charge in [0.15, 0.2) is 0 Å². The molecule has 4 heteroatoms. The van der Waals surface area contributed by atoms with Gasteiger partial charge >= 0.3 is 0 Å². The third kappa shape index (κ3) is 3.02. The van der Waals surface area contributed by atoms with Crippen molar-refractivity contribution in [3.63, 3.8) is 0 Å². The van der Waals surface area contributed by atoms with Crippen molar-refractivity contribution in [1.82, 2.24) is 14.7 Å². The van der Waals surface area contributed by atoms with Gasteiger partial charge in [0.25, 0.3) is 0 Å². The van der Waals surface area contributed by atoms with Gasteiger partial charge in [0, 0.05) is 25.0 Å². The second-order valence-electron chi connectivity index (χ2n) is 4.87. The third-order valence-corrected chi connectivity index (χ3v) is 3.93. The second-order valence-corrected chi connectivity index (χ2v) is 5.18. The van der Waals surface area contributed by atoms with Crippen LogP contribution in [0.25, 0.3) is 0 Å². The minimum absolute atomic E-state index is 0.547. The molecule has 0 bridgehead atoms. The van der Waals surface area contributed by atoms with Crippen molar-refractivity contribution in [2.45, 2.75) is 52.2 Å². The Morgan fingerprint density at radius 1 is 1.47 bits per heavy atom. The van der Waals surface area contributed by atoms with E-state index >= 15 is 0 Å². The Morgan fingerprint density at radius 3 is 3.00 bits per heavy atom. The second kappa shape index (κ2) is 5.87. The fourth-order valence-corrected chi connectivity index (χ4v) is 3.00. The van der Waals surface area contributed by atoms with Crippen LogP contribution in [0.2, 0.25) is 0 Å². The van der Waals surface area contributed by atoms with Gasteiger partial charge in [-0.25, -0.2) is 0 Å². The maximum atomic E-state index is 6.06. The lowest BCUT2D eigenvalue weighted by Crippen LogP contribution is -2.40. The van der Waals surface area contributed by atoms with Crippen LogP contribution >= 0.6 is 11.6 Å². The predicted octanol–water partition coefficient (Wildman–Crippen LogP) is 2.80. The van der Waals surface area contributed by atoms with E-state index < -0.39 is 0 Å². The van der Waals surface area contributed by atoms with E-state index in [-0.39, 0.29) is 0 Å². The predicted molar refractivity (Wildman–Crippen MR) is 71.4 cm³/mol. The summed E-state index contributed by atoms with van der Waals surface area (Å²) >= 11 is 6.06. The molecule has 0 aliphatic carbocycles. The number of halogens is 1. The summed E-state index contributed by atoms with van der Waals surface area (Å²) in [6.45, 7) is 7.32. The SMILES string of the molecule is CCn1nc(C)cc1CN1CCCCC1CCl. The van der Waals surface area contributed by atoms with Crippen LogP contribution in [0.3, 0.4) is 0 Å². The first-order valence-electron chi connectivity index (χ1n) is 6.58. The molecule has 17 heavy (non-hydrogen) atoms. The van der Waals surface area contributed by atoms with Crippen LogP contribution in [-0.2, 0) is 13.1 Å². The van der Waals surface area contributed by atoms with Gasteiger partial charge in [-0.15, -0.1) is 11.6 Å². The van der Waals surface area contributed by atoms with Gasteiger partial charge in [0.2, 0.25) is 0 Å². The first-order valence-corrected chi connectivity index (χ1v) is 7.11. The van der Waals surface area contributed by atoms with E-state index in [9.17, 15) is 0 Å². The molecule has 2 rings (SSSR count). The van der Waals surface area contributed by atoms with Crippen molar-refractivity contribution in [3.05, 3.63) is 17.5 Å². The van der Waals surface area contributed by atoms with Gasteiger partial charge < -0.3 is 0 Å². The number of aromatic nitrogens is 2. The topological polar surface area (TPSA) is 21.1 Å². The molecule has 96 valence electrons. The Bertz CT molecular complexity index is 362. The monoisotopic (exact) mass is 255 g/mol. The van der Waals surface area contributed by atoms with Gasteiger partial charge in [-0.05, 0) is 39.3 Å².